The van der Waals surface area contributed by atoms with Gasteiger partial charge in [-0.05, 0) is 56.0 Å². The molecule has 0 heterocycles. The van der Waals surface area contributed by atoms with Gasteiger partial charge in [0.25, 0.3) is 0 Å². The molecule has 2 aromatic carbocycles. The first-order valence-electron chi connectivity index (χ1n) is 9.96. The van der Waals surface area contributed by atoms with Crippen molar-refractivity contribution in [2.75, 3.05) is 13.2 Å². The molecule has 0 bridgehead atoms. The Hall–Kier alpha value is -2.97. The molecule has 9 heteroatoms. The van der Waals surface area contributed by atoms with Gasteiger partial charge in [0, 0.05) is 16.6 Å². The monoisotopic (exact) mass is 465 g/mol. The molecule has 3 N–H and O–H groups in total. The van der Waals surface area contributed by atoms with Gasteiger partial charge in [0.1, 0.15) is 5.82 Å². The Morgan fingerprint density at radius 2 is 1.94 bits per heavy atom. The Kier molecular flexibility index (Phi) is 8.74. The summed E-state index contributed by atoms with van der Waals surface area (Å²) in [6.07, 6.45) is -0.164. The standard InChI is InChI=1S/C23H25ClFNO6/c1-3-32-21(29)20(28)26-17(12-23(2,13-27)22(30)31)9-14-7-8-18(19(25)10-14)15-5-4-6-16(24)11-15/h4-8,10-11,17,27H,3,9,12-13H2,1-2H3,(H,26,28)(H,30,31)/t17-,23?/m1/s1. The second-order valence-corrected chi connectivity index (χ2v) is 8.08. The van der Waals surface area contributed by atoms with Gasteiger partial charge in [0.05, 0.1) is 18.6 Å². The smallest absolute Gasteiger partial charge is 0.396 e. The van der Waals surface area contributed by atoms with E-state index < -0.39 is 41.7 Å². The summed E-state index contributed by atoms with van der Waals surface area (Å²) in [4.78, 5) is 35.5. The molecule has 2 aromatic rings. The quantitative estimate of drug-likeness (QED) is 0.387. The molecule has 0 aliphatic rings. The lowest BCUT2D eigenvalue weighted by Gasteiger charge is -2.28. The number of carboxylic acids is 1. The minimum absolute atomic E-state index is 0.00340. The van der Waals surface area contributed by atoms with Crippen LogP contribution >= 0.6 is 11.6 Å². The van der Waals surface area contributed by atoms with Gasteiger partial charge in [-0.3, -0.25) is 9.59 Å². The van der Waals surface area contributed by atoms with E-state index in [-0.39, 0.29) is 19.4 Å². The van der Waals surface area contributed by atoms with Crippen molar-refractivity contribution in [1.29, 1.82) is 0 Å². The van der Waals surface area contributed by atoms with E-state index >= 15 is 0 Å². The summed E-state index contributed by atoms with van der Waals surface area (Å²) in [6, 6.07) is 10.3. The Balaban J connectivity index is 2.29. The van der Waals surface area contributed by atoms with E-state index in [1.165, 1.54) is 13.0 Å². The molecule has 0 saturated heterocycles. The zero-order chi connectivity index (χ0) is 23.9. The van der Waals surface area contributed by atoms with Gasteiger partial charge in [-0.15, -0.1) is 0 Å². The topological polar surface area (TPSA) is 113 Å². The molecule has 1 unspecified atom stereocenters. The van der Waals surface area contributed by atoms with E-state index in [2.05, 4.69) is 10.1 Å². The Labute approximate surface area is 190 Å². The fourth-order valence-electron chi connectivity index (χ4n) is 3.24. The number of halogens is 2. The molecule has 7 nitrogen and oxygen atoms in total. The van der Waals surface area contributed by atoms with Crippen molar-refractivity contribution in [3.63, 3.8) is 0 Å². The highest BCUT2D eigenvalue weighted by atomic mass is 35.5. The molecule has 32 heavy (non-hydrogen) atoms. The van der Waals surface area contributed by atoms with Crippen molar-refractivity contribution in [3.8, 4) is 11.1 Å². The van der Waals surface area contributed by atoms with E-state index in [1.807, 2.05) is 0 Å². The Morgan fingerprint density at radius 1 is 1.22 bits per heavy atom. The number of benzene rings is 2. The number of hydrogen-bond acceptors (Lipinski definition) is 5. The summed E-state index contributed by atoms with van der Waals surface area (Å²) in [7, 11) is 0. The maximum Gasteiger partial charge on any atom is 0.396 e. The lowest BCUT2D eigenvalue weighted by molar-refractivity contribution is -0.155. The van der Waals surface area contributed by atoms with Crippen molar-refractivity contribution in [2.45, 2.75) is 32.7 Å². The van der Waals surface area contributed by atoms with Crippen molar-refractivity contribution in [2.24, 2.45) is 5.41 Å². The molecule has 2 atom stereocenters. The number of carbonyl (C=O) groups excluding carboxylic acids is 2. The van der Waals surface area contributed by atoms with Gasteiger partial charge < -0.3 is 20.3 Å². The van der Waals surface area contributed by atoms with Crippen LogP contribution in [0.3, 0.4) is 0 Å². The molecule has 0 aliphatic carbocycles. The summed E-state index contributed by atoms with van der Waals surface area (Å²) >= 11 is 5.98. The van der Waals surface area contributed by atoms with Gasteiger partial charge in [-0.25, -0.2) is 9.18 Å². The van der Waals surface area contributed by atoms with Crippen LogP contribution in [0.25, 0.3) is 11.1 Å². The molecular formula is C23H25ClFNO6. The molecule has 0 aromatic heterocycles. The third-order valence-corrected chi connectivity index (χ3v) is 5.24. The maximum atomic E-state index is 14.8. The van der Waals surface area contributed by atoms with Gasteiger partial charge >= 0.3 is 17.8 Å². The largest absolute Gasteiger partial charge is 0.481 e. The molecule has 1 amide bonds. The van der Waals surface area contributed by atoms with E-state index in [0.29, 0.717) is 21.7 Å². The SMILES string of the molecule is CCOC(=O)C(=O)N[C@H](Cc1ccc(-c2cccc(Cl)c2)c(F)c1)CC(C)(CO)C(=O)O. The average Bonchev–Trinajstić information content (AvgIpc) is 2.73. The summed E-state index contributed by atoms with van der Waals surface area (Å²) < 4.78 is 19.5. The minimum atomic E-state index is -1.58. The first-order valence-corrected chi connectivity index (χ1v) is 10.3. The highest BCUT2D eigenvalue weighted by Gasteiger charge is 2.36. The van der Waals surface area contributed by atoms with E-state index in [4.69, 9.17) is 11.6 Å². The van der Waals surface area contributed by atoms with Gasteiger partial charge in [0.2, 0.25) is 0 Å². The van der Waals surface area contributed by atoms with Crippen LogP contribution in [0.1, 0.15) is 25.8 Å². The van der Waals surface area contributed by atoms with E-state index in [1.54, 1.807) is 43.3 Å². The number of esters is 1. The maximum absolute atomic E-state index is 14.8. The Morgan fingerprint density at radius 3 is 2.50 bits per heavy atom. The van der Waals surface area contributed by atoms with Crippen LogP contribution in [0.2, 0.25) is 5.02 Å². The number of hydrogen-bond donors (Lipinski definition) is 3. The third kappa shape index (κ3) is 6.51. The van der Waals surface area contributed by atoms with Crippen molar-refractivity contribution in [3.05, 3.63) is 58.9 Å². The van der Waals surface area contributed by atoms with Gasteiger partial charge in [-0.1, -0.05) is 35.9 Å². The zero-order valence-corrected chi connectivity index (χ0v) is 18.5. The van der Waals surface area contributed by atoms with Crippen LogP contribution in [0.15, 0.2) is 42.5 Å². The number of amides is 1. The third-order valence-electron chi connectivity index (χ3n) is 5.01. The summed E-state index contributed by atoms with van der Waals surface area (Å²) in [5.41, 5.74) is -0.194. The molecule has 0 fully saturated rings. The lowest BCUT2D eigenvalue weighted by Crippen LogP contribution is -2.46. The van der Waals surface area contributed by atoms with Crippen LogP contribution in [0, 0.1) is 11.2 Å². The average molecular weight is 466 g/mol. The van der Waals surface area contributed by atoms with Crippen LogP contribution < -0.4 is 5.32 Å². The highest BCUT2D eigenvalue weighted by Crippen LogP contribution is 2.28. The van der Waals surface area contributed by atoms with Crippen LogP contribution in [0.5, 0.6) is 0 Å². The summed E-state index contributed by atoms with van der Waals surface area (Å²) in [5, 5.41) is 21.9. The second-order valence-electron chi connectivity index (χ2n) is 7.65. The zero-order valence-electron chi connectivity index (χ0n) is 17.7. The lowest BCUT2D eigenvalue weighted by atomic mass is 9.82. The molecule has 2 rings (SSSR count). The predicted molar refractivity (Wildman–Crippen MR) is 117 cm³/mol. The molecular weight excluding hydrogens is 441 g/mol. The number of carbonyl (C=O) groups is 3. The Bertz CT molecular complexity index is 998. The van der Waals surface area contributed by atoms with Gasteiger partial charge in [-0.2, -0.15) is 0 Å². The number of aliphatic hydroxyl groups excluding tert-OH is 1. The van der Waals surface area contributed by atoms with Crippen LogP contribution in [0.4, 0.5) is 4.39 Å². The van der Waals surface area contributed by atoms with Crippen molar-refractivity contribution in [1.82, 2.24) is 5.32 Å². The number of ether oxygens (including phenoxy) is 1. The van der Waals surface area contributed by atoms with Crippen molar-refractivity contribution >= 4 is 29.4 Å². The minimum Gasteiger partial charge on any atom is -0.481 e. The number of nitrogens with one attached hydrogen (secondary N) is 1. The fraction of sp³-hybridized carbons (Fsp3) is 0.348. The number of carboxylic acid groups (broad SMARTS) is 1. The number of aliphatic carboxylic acids is 1. The first kappa shape index (κ1) is 25.3. The highest BCUT2D eigenvalue weighted by molar-refractivity contribution is 6.32. The van der Waals surface area contributed by atoms with E-state index in [0.717, 1.165) is 0 Å². The molecule has 172 valence electrons. The van der Waals surface area contributed by atoms with Gasteiger partial charge in [0.15, 0.2) is 0 Å². The fourth-order valence-corrected chi connectivity index (χ4v) is 3.43. The summed E-state index contributed by atoms with van der Waals surface area (Å²) in [6.45, 7) is 2.18. The van der Waals surface area contributed by atoms with Crippen LogP contribution in [-0.2, 0) is 25.5 Å². The molecule has 0 radical (unpaired) electrons. The normalized spacial score (nSPS) is 13.7. The molecule has 0 spiro atoms. The predicted octanol–water partition coefficient (Wildman–Crippen LogP) is 3.21. The number of aliphatic hydroxyl groups is 1. The van der Waals surface area contributed by atoms with Crippen LogP contribution in [-0.4, -0.2) is 47.3 Å². The van der Waals surface area contributed by atoms with E-state index in [9.17, 15) is 29.0 Å². The molecule has 0 aliphatic heterocycles. The molecule has 0 saturated carbocycles. The second kappa shape index (κ2) is 11.1. The first-order chi connectivity index (χ1) is 15.1. The van der Waals surface area contributed by atoms with Crippen molar-refractivity contribution < 1.29 is 33.7 Å². The summed E-state index contributed by atoms with van der Waals surface area (Å²) in [5.74, 6) is -3.94. The number of rotatable bonds is 9.